The molecule has 1 N–H and O–H groups in total. The van der Waals surface area contributed by atoms with Crippen LogP contribution in [0.5, 0.6) is 5.75 Å². The third kappa shape index (κ3) is 4.17. The Balaban J connectivity index is 1.14. The molecule has 2 aliphatic heterocycles. The van der Waals surface area contributed by atoms with Gasteiger partial charge in [-0.1, -0.05) is 0 Å². The number of anilines is 1. The normalized spacial score (nSPS) is 16.7. The molecule has 4 aromatic rings. The van der Waals surface area contributed by atoms with Gasteiger partial charge in [-0.15, -0.1) is 0 Å². The summed E-state index contributed by atoms with van der Waals surface area (Å²) in [6.45, 7) is 11.3. The SMILES string of the molecule is CCOC(=O)N1CC2(C1)CN(c1ncc(-c3n[nH]c4ccc(O[C@H](C)c5c(C)cnnc5C)cc34)cn1)C2. The van der Waals surface area contributed by atoms with Gasteiger partial charge in [-0.3, -0.25) is 5.10 Å². The van der Waals surface area contributed by atoms with Gasteiger partial charge in [0.1, 0.15) is 17.5 Å². The van der Waals surface area contributed by atoms with E-state index in [4.69, 9.17) is 9.47 Å². The Morgan fingerprint density at radius 2 is 1.89 bits per heavy atom. The number of aromatic amines is 1. The van der Waals surface area contributed by atoms with E-state index in [1.807, 2.05) is 45.9 Å². The van der Waals surface area contributed by atoms with Crippen molar-refractivity contribution in [1.29, 1.82) is 0 Å². The van der Waals surface area contributed by atoms with Crippen LogP contribution >= 0.6 is 0 Å². The number of aromatic nitrogens is 6. The van der Waals surface area contributed by atoms with E-state index in [2.05, 4.69) is 35.3 Å². The smallest absolute Gasteiger partial charge is 0.409 e. The molecule has 1 amide bonds. The Bertz CT molecular complexity index is 1470. The number of aryl methyl sites for hydroxylation is 2. The van der Waals surface area contributed by atoms with Gasteiger partial charge in [0.15, 0.2) is 0 Å². The number of hydrogen-bond donors (Lipinski definition) is 1. The van der Waals surface area contributed by atoms with Gasteiger partial charge >= 0.3 is 6.09 Å². The molecule has 2 aliphatic rings. The Labute approximate surface area is 220 Å². The third-order valence-corrected chi connectivity index (χ3v) is 7.35. The molecule has 196 valence electrons. The molecule has 0 radical (unpaired) electrons. The Morgan fingerprint density at radius 3 is 2.61 bits per heavy atom. The minimum absolute atomic E-state index is 0.129. The lowest BCUT2D eigenvalue weighted by molar-refractivity contribution is -0.0199. The van der Waals surface area contributed by atoms with Gasteiger partial charge in [0, 0.05) is 60.5 Å². The van der Waals surface area contributed by atoms with Gasteiger partial charge in [-0.25, -0.2) is 14.8 Å². The fourth-order valence-corrected chi connectivity index (χ4v) is 5.59. The van der Waals surface area contributed by atoms with Crippen molar-refractivity contribution in [2.75, 3.05) is 37.7 Å². The lowest BCUT2D eigenvalue weighted by Crippen LogP contribution is -2.73. The molecule has 0 aliphatic carbocycles. The Hall–Kier alpha value is -4.28. The van der Waals surface area contributed by atoms with Crippen LogP contribution in [0.3, 0.4) is 0 Å². The van der Waals surface area contributed by atoms with Crippen LogP contribution in [0.2, 0.25) is 0 Å². The van der Waals surface area contributed by atoms with Gasteiger partial charge in [-0.2, -0.15) is 15.3 Å². The van der Waals surface area contributed by atoms with Crippen molar-refractivity contribution < 1.29 is 14.3 Å². The largest absolute Gasteiger partial charge is 0.486 e. The van der Waals surface area contributed by atoms with E-state index in [1.54, 1.807) is 23.5 Å². The molecule has 0 saturated carbocycles. The second kappa shape index (κ2) is 9.23. The van der Waals surface area contributed by atoms with Crippen molar-refractivity contribution in [2.24, 2.45) is 5.41 Å². The number of carbonyl (C=O) groups is 1. The number of likely N-dealkylation sites (tertiary alicyclic amines) is 1. The van der Waals surface area contributed by atoms with Gasteiger partial charge in [0.05, 0.1) is 24.0 Å². The summed E-state index contributed by atoms with van der Waals surface area (Å²) in [6.07, 6.45) is 4.96. The standard InChI is InChI=1S/C27H30N8O3/c1-5-37-26(36)35-14-27(15-35)12-34(13-27)25-28-10-19(11-29-25)24-21-8-20(6-7-22(21)32-33-24)38-18(4)23-16(2)9-30-31-17(23)3/h6-11,18H,5,12-15H2,1-4H3,(H,32,33)/t18-/m1/s1. The molecule has 0 bridgehead atoms. The van der Waals surface area contributed by atoms with E-state index in [-0.39, 0.29) is 17.6 Å². The lowest BCUT2D eigenvalue weighted by Gasteiger charge is -2.59. The fourth-order valence-electron chi connectivity index (χ4n) is 5.59. The molecule has 2 fully saturated rings. The number of amides is 1. The predicted octanol–water partition coefficient (Wildman–Crippen LogP) is 3.85. The summed E-state index contributed by atoms with van der Waals surface area (Å²) in [4.78, 5) is 25.0. The molecule has 1 spiro atoms. The van der Waals surface area contributed by atoms with E-state index in [0.29, 0.717) is 12.6 Å². The van der Waals surface area contributed by atoms with Crippen LogP contribution in [0, 0.1) is 19.3 Å². The van der Waals surface area contributed by atoms with Crippen LogP contribution in [0.1, 0.15) is 36.8 Å². The predicted molar refractivity (Wildman–Crippen MR) is 141 cm³/mol. The summed E-state index contributed by atoms with van der Waals surface area (Å²) in [5.41, 5.74) is 5.58. The number of rotatable bonds is 6. The monoisotopic (exact) mass is 514 g/mol. The van der Waals surface area contributed by atoms with Crippen LogP contribution in [0.15, 0.2) is 36.8 Å². The van der Waals surface area contributed by atoms with Crippen LogP contribution < -0.4 is 9.64 Å². The molecular weight excluding hydrogens is 484 g/mol. The van der Waals surface area contributed by atoms with Gasteiger partial charge in [0.2, 0.25) is 5.95 Å². The van der Waals surface area contributed by atoms with Gasteiger partial charge in [0.25, 0.3) is 0 Å². The second-order valence-corrected chi connectivity index (χ2v) is 10.2. The average Bonchev–Trinajstić information content (AvgIpc) is 3.26. The van der Waals surface area contributed by atoms with Crippen molar-refractivity contribution in [3.63, 3.8) is 0 Å². The highest BCUT2D eigenvalue weighted by Gasteiger charge is 2.54. The average molecular weight is 515 g/mol. The van der Waals surface area contributed by atoms with E-state index in [0.717, 1.165) is 70.9 Å². The lowest BCUT2D eigenvalue weighted by atomic mass is 9.73. The molecule has 0 unspecified atom stereocenters. The van der Waals surface area contributed by atoms with Crippen LogP contribution in [0.25, 0.3) is 22.2 Å². The van der Waals surface area contributed by atoms with Crippen molar-refractivity contribution in [1.82, 2.24) is 35.3 Å². The molecule has 2 saturated heterocycles. The molecule has 1 aromatic carbocycles. The van der Waals surface area contributed by atoms with E-state index in [9.17, 15) is 4.79 Å². The number of H-pyrrole nitrogens is 1. The number of hydrogen-bond acceptors (Lipinski definition) is 9. The minimum atomic E-state index is -0.231. The summed E-state index contributed by atoms with van der Waals surface area (Å²) in [7, 11) is 0. The van der Waals surface area contributed by atoms with E-state index in [1.165, 1.54) is 0 Å². The summed E-state index contributed by atoms with van der Waals surface area (Å²) < 4.78 is 11.4. The number of carbonyl (C=O) groups excluding carboxylic acids is 1. The molecule has 5 heterocycles. The van der Waals surface area contributed by atoms with Crippen molar-refractivity contribution >= 4 is 22.9 Å². The number of benzene rings is 1. The van der Waals surface area contributed by atoms with Gasteiger partial charge < -0.3 is 19.3 Å². The van der Waals surface area contributed by atoms with E-state index >= 15 is 0 Å². The van der Waals surface area contributed by atoms with Crippen LogP contribution in [-0.2, 0) is 4.74 Å². The second-order valence-electron chi connectivity index (χ2n) is 10.2. The number of fused-ring (bicyclic) bond motifs is 1. The summed E-state index contributed by atoms with van der Waals surface area (Å²) >= 11 is 0. The van der Waals surface area contributed by atoms with Crippen molar-refractivity contribution in [3.05, 3.63) is 53.6 Å². The van der Waals surface area contributed by atoms with Crippen molar-refractivity contribution in [3.8, 4) is 17.0 Å². The first kappa shape index (κ1) is 24.1. The maximum Gasteiger partial charge on any atom is 0.409 e. The number of nitrogens with one attached hydrogen (secondary N) is 1. The zero-order chi connectivity index (χ0) is 26.4. The zero-order valence-corrected chi connectivity index (χ0v) is 21.9. The van der Waals surface area contributed by atoms with Crippen LogP contribution in [0.4, 0.5) is 10.7 Å². The fraction of sp³-hybridized carbons (Fsp3) is 0.407. The van der Waals surface area contributed by atoms with Crippen molar-refractivity contribution in [2.45, 2.75) is 33.8 Å². The first-order chi connectivity index (χ1) is 18.4. The first-order valence-electron chi connectivity index (χ1n) is 12.8. The third-order valence-electron chi connectivity index (χ3n) is 7.35. The minimum Gasteiger partial charge on any atom is -0.486 e. The van der Waals surface area contributed by atoms with Crippen LogP contribution in [-0.4, -0.2) is 74.1 Å². The summed E-state index contributed by atoms with van der Waals surface area (Å²) in [5, 5.41) is 16.7. The first-order valence-corrected chi connectivity index (χ1v) is 12.8. The maximum atomic E-state index is 11.9. The molecule has 11 nitrogen and oxygen atoms in total. The Kier molecular flexibility index (Phi) is 5.85. The highest BCUT2D eigenvalue weighted by atomic mass is 16.6. The topological polar surface area (TPSA) is 122 Å². The number of ether oxygens (including phenoxy) is 2. The molecule has 38 heavy (non-hydrogen) atoms. The molecule has 3 aromatic heterocycles. The molecular formula is C27H30N8O3. The number of nitrogens with zero attached hydrogens (tertiary/aromatic N) is 7. The molecule has 6 rings (SSSR count). The summed E-state index contributed by atoms with van der Waals surface area (Å²) in [5.74, 6) is 1.42. The molecule has 11 heteroatoms. The maximum absolute atomic E-state index is 11.9. The quantitative estimate of drug-likeness (QED) is 0.409. The van der Waals surface area contributed by atoms with E-state index < -0.39 is 0 Å². The summed E-state index contributed by atoms with van der Waals surface area (Å²) in [6, 6.07) is 5.89. The highest BCUT2D eigenvalue weighted by molar-refractivity contribution is 5.93. The zero-order valence-electron chi connectivity index (χ0n) is 21.9. The Morgan fingerprint density at radius 1 is 1.13 bits per heavy atom. The van der Waals surface area contributed by atoms with Gasteiger partial charge in [-0.05, 0) is 51.5 Å². The molecule has 1 atom stereocenters. The highest BCUT2D eigenvalue weighted by Crippen LogP contribution is 2.41.